The Morgan fingerprint density at radius 1 is 1.21 bits per heavy atom. The van der Waals surface area contributed by atoms with Gasteiger partial charge in [0.25, 0.3) is 0 Å². The molecular formula is C30H42F3N3O2. The highest BCUT2D eigenvalue weighted by molar-refractivity contribution is 5.67. The van der Waals surface area contributed by atoms with Crippen LogP contribution in [0.2, 0.25) is 0 Å². The molecule has 1 saturated heterocycles. The van der Waals surface area contributed by atoms with Crippen LogP contribution in [0.1, 0.15) is 69.4 Å². The van der Waals surface area contributed by atoms with Gasteiger partial charge in [0, 0.05) is 30.7 Å². The lowest BCUT2D eigenvalue weighted by Crippen LogP contribution is -2.42. The summed E-state index contributed by atoms with van der Waals surface area (Å²) in [6.07, 6.45) is 10.0. The van der Waals surface area contributed by atoms with E-state index in [-0.39, 0.29) is 35.8 Å². The molecule has 5 atom stereocenters. The van der Waals surface area contributed by atoms with Gasteiger partial charge in [0.15, 0.2) is 0 Å². The van der Waals surface area contributed by atoms with Crippen molar-refractivity contribution in [3.05, 3.63) is 53.6 Å². The molecule has 8 heteroatoms. The minimum Gasteiger partial charge on any atom is -0.449 e. The summed E-state index contributed by atoms with van der Waals surface area (Å²) in [6, 6.07) is 4.19. The number of fused-ring (bicyclic) bond motifs is 1. The van der Waals surface area contributed by atoms with Crippen molar-refractivity contribution in [2.24, 2.45) is 17.8 Å². The number of piperidine rings is 1. The molecule has 5 nitrogen and oxygen atoms in total. The number of likely N-dealkylation sites (tertiary alicyclic amines) is 1. The Hall–Kier alpha value is -2.48. The Labute approximate surface area is 224 Å². The number of alkyl carbamates (subject to hydrolysis) is 1. The monoisotopic (exact) mass is 533 g/mol. The number of nitrogens with zero attached hydrogens (tertiary/aromatic N) is 1. The summed E-state index contributed by atoms with van der Waals surface area (Å²) in [7, 11) is 0. The van der Waals surface area contributed by atoms with E-state index in [4.69, 9.17) is 4.74 Å². The third-order valence-electron chi connectivity index (χ3n) is 8.41. The SMILES string of the molecule is C[C@H](CC[C@@H]1[C@H](C)c2cc(C(F)(F)F)ccc2N[C@H]1C1C=CC=CC1)COC(=O)NCCN1CCCCC1. The highest BCUT2D eigenvalue weighted by Crippen LogP contribution is 2.45. The van der Waals surface area contributed by atoms with Crippen LogP contribution in [-0.4, -0.2) is 49.8 Å². The number of anilines is 1. The highest BCUT2D eigenvalue weighted by Gasteiger charge is 2.39. The first-order chi connectivity index (χ1) is 18.2. The van der Waals surface area contributed by atoms with Crippen LogP contribution in [-0.2, 0) is 10.9 Å². The average Bonchev–Trinajstić information content (AvgIpc) is 2.91. The van der Waals surface area contributed by atoms with E-state index in [1.165, 1.54) is 31.4 Å². The molecule has 2 N–H and O–H groups in total. The van der Waals surface area contributed by atoms with Crippen molar-refractivity contribution >= 4 is 11.8 Å². The summed E-state index contributed by atoms with van der Waals surface area (Å²) in [5.41, 5.74) is 0.927. The number of rotatable bonds is 9. The molecule has 1 aromatic rings. The quantitative estimate of drug-likeness (QED) is 0.360. The summed E-state index contributed by atoms with van der Waals surface area (Å²) in [5, 5.41) is 6.46. The van der Waals surface area contributed by atoms with Crippen molar-refractivity contribution in [1.29, 1.82) is 0 Å². The molecule has 2 aliphatic heterocycles. The number of carbonyl (C=O) groups is 1. The molecule has 0 spiro atoms. The Kier molecular flexibility index (Phi) is 9.80. The van der Waals surface area contributed by atoms with Crippen molar-refractivity contribution in [2.75, 3.05) is 38.1 Å². The molecule has 4 rings (SSSR count). The Balaban J connectivity index is 1.32. The van der Waals surface area contributed by atoms with Gasteiger partial charge < -0.3 is 20.3 Å². The molecule has 0 aromatic heterocycles. The lowest BCUT2D eigenvalue weighted by molar-refractivity contribution is -0.137. The third-order valence-corrected chi connectivity index (χ3v) is 8.41. The number of halogens is 3. The molecule has 0 saturated carbocycles. The highest BCUT2D eigenvalue weighted by atomic mass is 19.4. The molecule has 3 aliphatic rings. The van der Waals surface area contributed by atoms with Gasteiger partial charge in [-0.25, -0.2) is 4.79 Å². The Morgan fingerprint density at radius 2 is 2.00 bits per heavy atom. The van der Waals surface area contributed by atoms with E-state index in [9.17, 15) is 18.0 Å². The number of benzene rings is 1. The number of amides is 1. The maximum absolute atomic E-state index is 13.4. The molecule has 1 fully saturated rings. The number of hydrogen-bond donors (Lipinski definition) is 2. The fourth-order valence-corrected chi connectivity index (χ4v) is 6.12. The molecule has 1 aromatic carbocycles. The van der Waals surface area contributed by atoms with Gasteiger partial charge in [0.2, 0.25) is 0 Å². The predicted molar refractivity (Wildman–Crippen MR) is 145 cm³/mol. The maximum Gasteiger partial charge on any atom is 0.416 e. The normalized spacial score (nSPS) is 26.3. The number of nitrogens with one attached hydrogen (secondary N) is 2. The molecule has 0 bridgehead atoms. The Morgan fingerprint density at radius 3 is 2.71 bits per heavy atom. The molecule has 1 aliphatic carbocycles. The van der Waals surface area contributed by atoms with Crippen molar-refractivity contribution in [3.8, 4) is 0 Å². The zero-order chi connectivity index (χ0) is 27.1. The molecule has 2 heterocycles. The summed E-state index contributed by atoms with van der Waals surface area (Å²) >= 11 is 0. The first kappa shape index (κ1) is 28.5. The summed E-state index contributed by atoms with van der Waals surface area (Å²) in [6.45, 7) is 8.07. The van der Waals surface area contributed by atoms with E-state index in [0.29, 0.717) is 13.2 Å². The van der Waals surface area contributed by atoms with Gasteiger partial charge in [0.1, 0.15) is 0 Å². The van der Waals surface area contributed by atoms with Crippen molar-refractivity contribution < 1.29 is 22.7 Å². The minimum absolute atomic E-state index is 0.0240. The largest absolute Gasteiger partial charge is 0.449 e. The molecule has 1 unspecified atom stereocenters. The summed E-state index contributed by atoms with van der Waals surface area (Å²) in [4.78, 5) is 14.6. The van der Waals surface area contributed by atoms with E-state index >= 15 is 0 Å². The van der Waals surface area contributed by atoms with Crippen LogP contribution in [0.3, 0.4) is 0 Å². The minimum atomic E-state index is -4.36. The molecule has 210 valence electrons. The van der Waals surface area contributed by atoms with Crippen LogP contribution in [0.15, 0.2) is 42.5 Å². The zero-order valence-corrected chi connectivity index (χ0v) is 22.6. The van der Waals surface area contributed by atoms with E-state index in [1.807, 2.05) is 6.08 Å². The van der Waals surface area contributed by atoms with Crippen LogP contribution in [0.4, 0.5) is 23.7 Å². The van der Waals surface area contributed by atoms with E-state index in [0.717, 1.165) is 50.1 Å². The number of alkyl halides is 3. The molecular weight excluding hydrogens is 491 g/mol. The first-order valence-electron chi connectivity index (χ1n) is 14.2. The number of hydrogen-bond acceptors (Lipinski definition) is 4. The lowest BCUT2D eigenvalue weighted by Gasteiger charge is -2.43. The van der Waals surface area contributed by atoms with Crippen LogP contribution in [0, 0.1) is 17.8 Å². The maximum atomic E-state index is 13.4. The average molecular weight is 534 g/mol. The Bertz CT molecular complexity index is 987. The van der Waals surface area contributed by atoms with Gasteiger partial charge in [-0.3, -0.25) is 0 Å². The number of ether oxygens (including phenoxy) is 1. The smallest absolute Gasteiger partial charge is 0.416 e. The van der Waals surface area contributed by atoms with Crippen LogP contribution in [0.25, 0.3) is 0 Å². The van der Waals surface area contributed by atoms with Gasteiger partial charge in [-0.1, -0.05) is 44.6 Å². The van der Waals surface area contributed by atoms with Crippen LogP contribution >= 0.6 is 0 Å². The van der Waals surface area contributed by atoms with E-state index in [1.54, 1.807) is 6.07 Å². The topological polar surface area (TPSA) is 53.6 Å². The summed E-state index contributed by atoms with van der Waals surface area (Å²) < 4.78 is 45.8. The van der Waals surface area contributed by atoms with Crippen molar-refractivity contribution in [1.82, 2.24) is 10.2 Å². The molecule has 38 heavy (non-hydrogen) atoms. The van der Waals surface area contributed by atoms with Crippen LogP contribution in [0.5, 0.6) is 0 Å². The fourth-order valence-electron chi connectivity index (χ4n) is 6.12. The van der Waals surface area contributed by atoms with Crippen molar-refractivity contribution in [3.63, 3.8) is 0 Å². The fraction of sp³-hybridized carbons (Fsp3) is 0.633. The van der Waals surface area contributed by atoms with Gasteiger partial charge in [0.05, 0.1) is 12.2 Å². The summed E-state index contributed by atoms with van der Waals surface area (Å²) in [5.74, 6) is 0.567. The van der Waals surface area contributed by atoms with Crippen LogP contribution < -0.4 is 10.6 Å². The van der Waals surface area contributed by atoms with Gasteiger partial charge in [-0.15, -0.1) is 0 Å². The second-order valence-corrected chi connectivity index (χ2v) is 11.2. The molecule has 1 amide bonds. The van der Waals surface area contributed by atoms with Gasteiger partial charge in [-0.2, -0.15) is 13.2 Å². The zero-order valence-electron chi connectivity index (χ0n) is 22.6. The van der Waals surface area contributed by atoms with Gasteiger partial charge >= 0.3 is 12.3 Å². The third kappa shape index (κ3) is 7.55. The second kappa shape index (κ2) is 13.0. The van der Waals surface area contributed by atoms with Gasteiger partial charge in [-0.05, 0) is 86.7 Å². The predicted octanol–water partition coefficient (Wildman–Crippen LogP) is 6.98. The number of carbonyl (C=O) groups excluding carboxylic acids is 1. The van der Waals surface area contributed by atoms with E-state index in [2.05, 4.69) is 47.6 Å². The molecule has 0 radical (unpaired) electrons. The standard InChI is InChI=1S/C30H42F3N3O2/c1-21(20-38-29(37)34-15-18-36-16-7-4-8-17-36)11-13-25-22(2)26-19-24(30(31,32)33)12-14-27(26)35-28(25)23-9-5-3-6-10-23/h3,5-6,9,12,14,19,21-23,25,28,35H,4,7-8,10-11,13,15-18,20H2,1-2H3,(H,34,37)/t21-,22+,23?,25-,28+/m1/s1. The number of allylic oxidation sites excluding steroid dienone is 3. The lowest BCUT2D eigenvalue weighted by atomic mass is 9.70. The first-order valence-corrected chi connectivity index (χ1v) is 14.2. The van der Waals surface area contributed by atoms with Crippen molar-refractivity contribution in [2.45, 2.75) is 70.5 Å². The van der Waals surface area contributed by atoms with E-state index < -0.39 is 11.7 Å². The second-order valence-electron chi connectivity index (χ2n) is 11.2.